The minimum absolute atomic E-state index is 0.186. The van der Waals surface area contributed by atoms with Gasteiger partial charge in [-0.25, -0.2) is 4.79 Å². The van der Waals surface area contributed by atoms with Gasteiger partial charge in [0.05, 0.1) is 16.0 Å². The van der Waals surface area contributed by atoms with Gasteiger partial charge in [-0.2, -0.15) is 0 Å². The van der Waals surface area contributed by atoms with E-state index < -0.39 is 5.63 Å². The second-order valence-electron chi connectivity index (χ2n) is 6.45. The van der Waals surface area contributed by atoms with Gasteiger partial charge in [-0.15, -0.1) is 0 Å². The molecular weight excluding hydrogens is 364 g/mol. The molecule has 0 atom stereocenters. The van der Waals surface area contributed by atoms with Crippen LogP contribution in [-0.4, -0.2) is 0 Å². The van der Waals surface area contributed by atoms with E-state index in [1.165, 1.54) is 12.3 Å². The average Bonchev–Trinajstić information content (AvgIpc) is 2.62. The number of benzene rings is 2. The number of aryl methyl sites for hydroxylation is 2. The first-order chi connectivity index (χ1) is 12.9. The topological polar surface area (TPSA) is 60.4 Å². The van der Waals surface area contributed by atoms with Crippen LogP contribution in [0.1, 0.15) is 22.3 Å². The van der Waals surface area contributed by atoms with Crippen molar-refractivity contribution in [1.82, 2.24) is 0 Å². The Morgan fingerprint density at radius 3 is 2.52 bits per heavy atom. The molecule has 0 amide bonds. The summed E-state index contributed by atoms with van der Waals surface area (Å²) in [5.74, 6) is 0. The summed E-state index contributed by atoms with van der Waals surface area (Å²) in [4.78, 5) is 24.6. The molecule has 0 saturated heterocycles. The van der Waals surface area contributed by atoms with Crippen molar-refractivity contribution in [2.24, 2.45) is 0 Å². The van der Waals surface area contributed by atoms with E-state index >= 15 is 0 Å². The Morgan fingerprint density at radius 2 is 1.70 bits per heavy atom. The lowest BCUT2D eigenvalue weighted by molar-refractivity contribution is 0.558. The maximum Gasteiger partial charge on any atom is 0.336 e. The molecule has 0 bridgehead atoms. The average molecular weight is 379 g/mol. The largest absolute Gasteiger partial charge is 0.462 e. The van der Waals surface area contributed by atoms with Crippen LogP contribution in [0.2, 0.25) is 5.02 Å². The third kappa shape index (κ3) is 3.09. The third-order valence-corrected chi connectivity index (χ3v) is 4.72. The Kier molecular flexibility index (Phi) is 4.21. The summed E-state index contributed by atoms with van der Waals surface area (Å²) in [6, 6.07) is 10.4. The van der Waals surface area contributed by atoms with Crippen LogP contribution in [-0.2, 0) is 0 Å². The monoisotopic (exact) mass is 378 g/mol. The van der Waals surface area contributed by atoms with Crippen LogP contribution in [0.15, 0.2) is 61.1 Å². The second-order valence-corrected chi connectivity index (χ2v) is 6.86. The molecule has 134 valence electrons. The van der Waals surface area contributed by atoms with Gasteiger partial charge in [0.1, 0.15) is 11.8 Å². The predicted molar refractivity (Wildman–Crippen MR) is 108 cm³/mol. The Bertz CT molecular complexity index is 1340. The van der Waals surface area contributed by atoms with E-state index in [2.05, 4.69) is 0 Å². The maximum atomic E-state index is 12.7. The summed E-state index contributed by atoms with van der Waals surface area (Å²) in [5, 5.41) is 1.61. The van der Waals surface area contributed by atoms with Crippen molar-refractivity contribution in [1.29, 1.82) is 0 Å². The summed E-state index contributed by atoms with van der Waals surface area (Å²) in [6.45, 7) is 3.88. The van der Waals surface area contributed by atoms with E-state index in [-0.39, 0.29) is 5.43 Å². The SMILES string of the molecule is Cc1cc(C)c2oc(=O)cc(/C=C\c3coc4c(Cl)cccc4c3=O)c2c1. The lowest BCUT2D eigenvalue weighted by atomic mass is 10.0. The van der Waals surface area contributed by atoms with Gasteiger partial charge in [-0.05, 0) is 54.8 Å². The normalized spacial score (nSPS) is 11.7. The standard InChI is InChI=1S/C22H15ClO4/c1-12-8-13(2)21-17(9-12)14(10-19(24)27-21)6-7-15-11-26-22-16(20(15)25)4-3-5-18(22)23/h3-11H,1-2H3/b7-6-. The van der Waals surface area contributed by atoms with Crippen LogP contribution in [0.4, 0.5) is 0 Å². The molecule has 0 aliphatic carbocycles. The molecule has 5 heteroatoms. The molecule has 27 heavy (non-hydrogen) atoms. The van der Waals surface area contributed by atoms with Gasteiger partial charge < -0.3 is 8.83 Å². The summed E-state index contributed by atoms with van der Waals surface area (Å²) in [6.07, 6.45) is 4.73. The van der Waals surface area contributed by atoms with E-state index in [4.69, 9.17) is 20.4 Å². The van der Waals surface area contributed by atoms with Gasteiger partial charge in [0.15, 0.2) is 11.0 Å². The Balaban J connectivity index is 1.89. The van der Waals surface area contributed by atoms with E-state index in [0.717, 1.165) is 16.5 Å². The summed E-state index contributed by atoms with van der Waals surface area (Å²) in [5.41, 5.74) is 3.28. The summed E-state index contributed by atoms with van der Waals surface area (Å²) in [7, 11) is 0. The van der Waals surface area contributed by atoms with Crippen molar-refractivity contribution in [3.63, 3.8) is 0 Å². The Morgan fingerprint density at radius 1 is 0.926 bits per heavy atom. The lowest BCUT2D eigenvalue weighted by Crippen LogP contribution is -2.04. The number of rotatable bonds is 2. The van der Waals surface area contributed by atoms with Crippen LogP contribution in [0.25, 0.3) is 34.1 Å². The van der Waals surface area contributed by atoms with Gasteiger partial charge in [-0.1, -0.05) is 29.8 Å². The summed E-state index contributed by atoms with van der Waals surface area (Å²) < 4.78 is 10.9. The Labute approximate surface area is 159 Å². The highest BCUT2D eigenvalue weighted by Gasteiger charge is 2.09. The number of fused-ring (bicyclic) bond motifs is 2. The van der Waals surface area contributed by atoms with Gasteiger partial charge in [0.25, 0.3) is 0 Å². The second kappa shape index (κ2) is 6.56. The van der Waals surface area contributed by atoms with Gasteiger partial charge >= 0.3 is 5.63 Å². The van der Waals surface area contributed by atoms with Crippen molar-refractivity contribution < 1.29 is 8.83 Å². The molecule has 4 aromatic rings. The fourth-order valence-electron chi connectivity index (χ4n) is 3.21. The molecule has 4 rings (SSSR count). The highest BCUT2D eigenvalue weighted by Crippen LogP contribution is 2.25. The molecule has 0 N–H and O–H groups in total. The van der Waals surface area contributed by atoms with Crippen molar-refractivity contribution in [2.75, 3.05) is 0 Å². The third-order valence-electron chi connectivity index (χ3n) is 4.43. The molecule has 0 fully saturated rings. The smallest absolute Gasteiger partial charge is 0.336 e. The molecule has 0 aliphatic rings. The van der Waals surface area contributed by atoms with Crippen LogP contribution >= 0.6 is 11.6 Å². The number of hydrogen-bond donors (Lipinski definition) is 0. The molecule has 0 saturated carbocycles. The fraction of sp³-hybridized carbons (Fsp3) is 0.0909. The highest BCUT2D eigenvalue weighted by molar-refractivity contribution is 6.34. The lowest BCUT2D eigenvalue weighted by Gasteiger charge is -2.05. The first kappa shape index (κ1) is 17.3. The van der Waals surface area contributed by atoms with Crippen molar-refractivity contribution in [3.8, 4) is 0 Å². The van der Waals surface area contributed by atoms with Crippen molar-refractivity contribution in [3.05, 3.63) is 90.6 Å². The molecule has 4 nitrogen and oxygen atoms in total. The van der Waals surface area contributed by atoms with Crippen LogP contribution in [0, 0.1) is 13.8 Å². The van der Waals surface area contributed by atoms with E-state index in [1.54, 1.807) is 30.4 Å². The molecule has 2 aromatic carbocycles. The molecule has 2 heterocycles. The number of para-hydroxylation sites is 1. The molecule has 0 aliphatic heterocycles. The fourth-order valence-corrected chi connectivity index (χ4v) is 3.43. The predicted octanol–water partition coefficient (Wildman–Crippen LogP) is 5.34. The van der Waals surface area contributed by atoms with Crippen LogP contribution in [0.3, 0.4) is 0 Å². The van der Waals surface area contributed by atoms with E-state index in [1.807, 2.05) is 26.0 Å². The summed E-state index contributed by atoms with van der Waals surface area (Å²) >= 11 is 6.07. The number of hydrogen-bond acceptors (Lipinski definition) is 4. The minimum atomic E-state index is -0.438. The molecular formula is C22H15ClO4. The molecule has 2 aromatic heterocycles. The highest BCUT2D eigenvalue weighted by atomic mass is 35.5. The molecule has 0 spiro atoms. The first-order valence-electron chi connectivity index (χ1n) is 8.37. The zero-order valence-electron chi connectivity index (χ0n) is 14.7. The van der Waals surface area contributed by atoms with E-state index in [0.29, 0.717) is 32.7 Å². The Hall–Kier alpha value is -3.11. The van der Waals surface area contributed by atoms with Gasteiger partial charge in [-0.3, -0.25) is 4.79 Å². The van der Waals surface area contributed by atoms with Gasteiger partial charge in [0, 0.05) is 11.5 Å². The first-order valence-corrected chi connectivity index (χ1v) is 8.75. The van der Waals surface area contributed by atoms with E-state index in [9.17, 15) is 9.59 Å². The van der Waals surface area contributed by atoms with Crippen molar-refractivity contribution in [2.45, 2.75) is 13.8 Å². The molecule has 0 radical (unpaired) electrons. The zero-order valence-corrected chi connectivity index (χ0v) is 15.5. The maximum absolute atomic E-state index is 12.7. The van der Waals surface area contributed by atoms with Gasteiger partial charge in [0.2, 0.25) is 0 Å². The quantitative estimate of drug-likeness (QED) is 0.442. The number of halogens is 1. The zero-order chi connectivity index (χ0) is 19.1. The van der Waals surface area contributed by atoms with Crippen LogP contribution in [0.5, 0.6) is 0 Å². The molecule has 0 unspecified atom stereocenters. The minimum Gasteiger partial charge on any atom is -0.462 e. The van der Waals surface area contributed by atoms with Crippen molar-refractivity contribution >= 4 is 45.7 Å². The van der Waals surface area contributed by atoms with Crippen LogP contribution < -0.4 is 11.1 Å².